The molecule has 3 aromatic rings. The van der Waals surface area contributed by atoms with Crippen molar-refractivity contribution in [2.45, 2.75) is 6.92 Å². The molecule has 1 aromatic heterocycles. The maximum absolute atomic E-state index is 12.2. The highest BCUT2D eigenvalue weighted by atomic mass is 35.5. The molecule has 0 aliphatic rings. The molecular formula is C20H17ClN2O3S. The Hall–Kier alpha value is -2.83. The molecule has 7 heteroatoms. The Labute approximate surface area is 165 Å². The van der Waals surface area contributed by atoms with E-state index < -0.39 is 0 Å². The van der Waals surface area contributed by atoms with Crippen LogP contribution >= 0.6 is 22.9 Å². The number of amides is 2. The van der Waals surface area contributed by atoms with E-state index in [0.717, 1.165) is 5.56 Å². The number of ether oxygens (including phenoxy) is 1. The largest absolute Gasteiger partial charge is 0.484 e. The highest BCUT2D eigenvalue weighted by Gasteiger charge is 2.10. The lowest BCUT2D eigenvalue weighted by atomic mass is 10.1. The van der Waals surface area contributed by atoms with Crippen LogP contribution in [0.3, 0.4) is 0 Å². The number of carbonyl (C=O) groups excluding carboxylic acids is 2. The summed E-state index contributed by atoms with van der Waals surface area (Å²) in [7, 11) is 0. The van der Waals surface area contributed by atoms with Crippen LogP contribution in [0.2, 0.25) is 5.02 Å². The topological polar surface area (TPSA) is 67.4 Å². The molecule has 0 saturated heterocycles. The van der Waals surface area contributed by atoms with E-state index in [0.29, 0.717) is 27.0 Å². The zero-order valence-electron chi connectivity index (χ0n) is 14.5. The van der Waals surface area contributed by atoms with Crippen molar-refractivity contribution in [3.05, 3.63) is 75.4 Å². The first-order valence-corrected chi connectivity index (χ1v) is 9.41. The van der Waals surface area contributed by atoms with Crippen LogP contribution in [0.1, 0.15) is 15.2 Å². The van der Waals surface area contributed by atoms with E-state index >= 15 is 0 Å². The van der Waals surface area contributed by atoms with Crippen LogP contribution in [0, 0.1) is 6.92 Å². The number of carbonyl (C=O) groups is 2. The normalized spacial score (nSPS) is 10.3. The molecular weight excluding hydrogens is 384 g/mol. The number of nitrogens with one attached hydrogen (secondary N) is 2. The lowest BCUT2D eigenvalue weighted by Crippen LogP contribution is -2.21. The van der Waals surface area contributed by atoms with Gasteiger partial charge in [0.2, 0.25) is 0 Å². The average Bonchev–Trinajstić information content (AvgIpc) is 3.19. The number of hydrogen-bond donors (Lipinski definition) is 2. The zero-order chi connectivity index (χ0) is 19.2. The Morgan fingerprint density at radius 3 is 2.56 bits per heavy atom. The van der Waals surface area contributed by atoms with Crippen LogP contribution in [-0.4, -0.2) is 18.4 Å². The summed E-state index contributed by atoms with van der Waals surface area (Å²) >= 11 is 7.19. The minimum Gasteiger partial charge on any atom is -0.484 e. The molecule has 0 unspecified atom stereocenters. The van der Waals surface area contributed by atoms with Gasteiger partial charge in [0.15, 0.2) is 6.61 Å². The second-order valence-electron chi connectivity index (χ2n) is 5.75. The van der Waals surface area contributed by atoms with Crippen molar-refractivity contribution in [1.82, 2.24) is 0 Å². The van der Waals surface area contributed by atoms with E-state index in [2.05, 4.69) is 10.6 Å². The molecule has 0 radical (unpaired) electrons. The van der Waals surface area contributed by atoms with E-state index in [1.54, 1.807) is 42.5 Å². The molecule has 2 aromatic carbocycles. The van der Waals surface area contributed by atoms with Crippen LogP contribution < -0.4 is 15.4 Å². The first-order valence-electron chi connectivity index (χ1n) is 8.15. The van der Waals surface area contributed by atoms with Gasteiger partial charge in [0.25, 0.3) is 11.8 Å². The Kier molecular flexibility index (Phi) is 6.11. The Morgan fingerprint density at radius 2 is 1.85 bits per heavy atom. The molecule has 0 fully saturated rings. The van der Waals surface area contributed by atoms with Gasteiger partial charge in [0.1, 0.15) is 5.75 Å². The van der Waals surface area contributed by atoms with E-state index in [4.69, 9.17) is 16.3 Å². The van der Waals surface area contributed by atoms with E-state index in [9.17, 15) is 9.59 Å². The molecule has 3 rings (SSSR count). The van der Waals surface area contributed by atoms with Crippen LogP contribution in [0.25, 0.3) is 0 Å². The van der Waals surface area contributed by atoms with Crippen molar-refractivity contribution >= 4 is 46.1 Å². The Bertz CT molecular complexity index is 940. The quantitative estimate of drug-likeness (QED) is 0.613. The van der Waals surface area contributed by atoms with Gasteiger partial charge in [-0.3, -0.25) is 9.59 Å². The lowest BCUT2D eigenvalue weighted by Gasteiger charge is -2.12. The predicted octanol–water partition coefficient (Wildman–Crippen LogP) is 4.98. The van der Waals surface area contributed by atoms with Crippen molar-refractivity contribution in [1.29, 1.82) is 0 Å². The molecule has 0 atom stereocenters. The molecule has 0 aliphatic heterocycles. The van der Waals surface area contributed by atoms with Gasteiger partial charge in [-0.1, -0.05) is 23.7 Å². The molecule has 0 bridgehead atoms. The summed E-state index contributed by atoms with van der Waals surface area (Å²) in [5.41, 5.74) is 2.10. The average molecular weight is 401 g/mol. The minimum atomic E-state index is -0.296. The number of anilines is 2. The molecule has 0 aliphatic carbocycles. The van der Waals surface area contributed by atoms with Crippen LogP contribution in [0.15, 0.2) is 60.0 Å². The van der Waals surface area contributed by atoms with Crippen LogP contribution in [0.4, 0.5) is 11.4 Å². The summed E-state index contributed by atoms with van der Waals surface area (Å²) in [5, 5.41) is 8.07. The summed E-state index contributed by atoms with van der Waals surface area (Å²) in [4.78, 5) is 25.0. The van der Waals surface area contributed by atoms with Crippen molar-refractivity contribution in [3.63, 3.8) is 0 Å². The summed E-state index contributed by atoms with van der Waals surface area (Å²) in [6.07, 6.45) is 0. The third-order valence-corrected chi connectivity index (χ3v) is 4.82. The van der Waals surface area contributed by atoms with Crippen molar-refractivity contribution < 1.29 is 14.3 Å². The van der Waals surface area contributed by atoms with Crippen molar-refractivity contribution in [2.75, 3.05) is 17.2 Å². The molecule has 0 spiro atoms. The van der Waals surface area contributed by atoms with Crippen molar-refractivity contribution in [3.8, 4) is 5.75 Å². The Balaban J connectivity index is 1.61. The molecule has 1 heterocycles. The molecule has 5 nitrogen and oxygen atoms in total. The third kappa shape index (κ3) is 5.32. The van der Waals surface area contributed by atoms with E-state index in [1.165, 1.54) is 11.3 Å². The highest BCUT2D eigenvalue weighted by molar-refractivity contribution is 7.12. The number of thiophene rings is 1. The standard InChI is InChI=1S/C20H17ClN2O3S/c1-13-4-7-15(22-20(25)18-3-2-10-27-18)11-17(13)23-19(24)12-26-16-8-5-14(21)6-9-16/h2-11H,12H2,1H3,(H,22,25)(H,23,24). The fraction of sp³-hybridized carbons (Fsp3) is 0.100. The lowest BCUT2D eigenvalue weighted by molar-refractivity contribution is -0.118. The molecule has 2 N–H and O–H groups in total. The fourth-order valence-corrected chi connectivity index (χ4v) is 3.05. The molecule has 2 amide bonds. The van der Waals surface area contributed by atoms with Gasteiger partial charge < -0.3 is 15.4 Å². The summed E-state index contributed by atoms with van der Waals surface area (Å²) in [6.45, 7) is 1.74. The SMILES string of the molecule is Cc1ccc(NC(=O)c2cccs2)cc1NC(=O)COc1ccc(Cl)cc1. The van der Waals surface area contributed by atoms with Gasteiger partial charge in [-0.15, -0.1) is 11.3 Å². The van der Waals surface area contributed by atoms with Gasteiger partial charge in [-0.2, -0.15) is 0 Å². The Morgan fingerprint density at radius 1 is 1.07 bits per heavy atom. The maximum atomic E-state index is 12.2. The first kappa shape index (κ1) is 18.9. The smallest absolute Gasteiger partial charge is 0.265 e. The van der Waals surface area contributed by atoms with Gasteiger partial charge in [0, 0.05) is 16.4 Å². The maximum Gasteiger partial charge on any atom is 0.265 e. The second kappa shape index (κ2) is 8.70. The first-order chi connectivity index (χ1) is 13.0. The summed E-state index contributed by atoms with van der Waals surface area (Å²) in [5.74, 6) is 0.0789. The van der Waals surface area contributed by atoms with Gasteiger partial charge in [-0.05, 0) is 60.3 Å². The van der Waals surface area contributed by atoms with Crippen LogP contribution in [-0.2, 0) is 4.79 Å². The van der Waals surface area contributed by atoms with Gasteiger partial charge in [0.05, 0.1) is 4.88 Å². The number of hydrogen-bond acceptors (Lipinski definition) is 4. The zero-order valence-corrected chi connectivity index (χ0v) is 16.1. The molecule has 138 valence electrons. The molecule has 0 saturated carbocycles. The van der Waals surface area contributed by atoms with Crippen LogP contribution in [0.5, 0.6) is 5.75 Å². The number of rotatable bonds is 6. The monoisotopic (exact) mass is 400 g/mol. The van der Waals surface area contributed by atoms with Gasteiger partial charge >= 0.3 is 0 Å². The predicted molar refractivity (Wildman–Crippen MR) is 109 cm³/mol. The summed E-state index contributed by atoms with van der Waals surface area (Å²) in [6, 6.07) is 15.7. The number of halogens is 1. The fourth-order valence-electron chi connectivity index (χ4n) is 2.30. The molecule has 27 heavy (non-hydrogen) atoms. The van der Waals surface area contributed by atoms with Gasteiger partial charge in [-0.25, -0.2) is 0 Å². The van der Waals surface area contributed by atoms with E-state index in [1.807, 2.05) is 24.4 Å². The van der Waals surface area contributed by atoms with E-state index in [-0.39, 0.29) is 18.4 Å². The summed E-state index contributed by atoms with van der Waals surface area (Å²) < 4.78 is 5.44. The third-order valence-electron chi connectivity index (χ3n) is 3.70. The number of aryl methyl sites for hydroxylation is 1. The second-order valence-corrected chi connectivity index (χ2v) is 7.14. The number of benzene rings is 2. The van der Waals surface area contributed by atoms with Crippen molar-refractivity contribution in [2.24, 2.45) is 0 Å². The minimum absolute atomic E-state index is 0.132. The highest BCUT2D eigenvalue weighted by Crippen LogP contribution is 2.22.